The van der Waals surface area contributed by atoms with Gasteiger partial charge in [-0.05, 0) is 17.0 Å². The summed E-state index contributed by atoms with van der Waals surface area (Å²) in [4.78, 5) is 5.25. The van der Waals surface area contributed by atoms with Gasteiger partial charge in [-0.25, -0.2) is 0 Å². The largest absolute Gasteiger partial charge is 0.298 e. The van der Waals surface area contributed by atoms with Gasteiger partial charge in [0.1, 0.15) is 0 Å². The fraction of sp³-hybridized carbons (Fsp3) is 0.500. The molecule has 0 aromatic heterocycles. The number of hydrogen-bond donors (Lipinski definition) is 0. The first kappa shape index (κ1) is 11.0. The lowest BCUT2D eigenvalue weighted by molar-refractivity contribution is 0.319. The molecule has 4 heteroatoms. The van der Waals surface area contributed by atoms with Gasteiger partial charge in [0, 0.05) is 24.5 Å². The van der Waals surface area contributed by atoms with Crippen molar-refractivity contribution in [3.8, 4) is 0 Å². The number of azide groups is 1. The van der Waals surface area contributed by atoms with Crippen LogP contribution in [0.15, 0.2) is 35.4 Å². The summed E-state index contributed by atoms with van der Waals surface area (Å²) >= 11 is 0. The molecule has 1 aromatic rings. The molecule has 1 aliphatic rings. The molecule has 0 radical (unpaired) electrons. The van der Waals surface area contributed by atoms with E-state index < -0.39 is 0 Å². The predicted molar refractivity (Wildman–Crippen MR) is 63.8 cm³/mol. The average molecular weight is 216 g/mol. The van der Waals surface area contributed by atoms with Crippen molar-refractivity contribution in [2.75, 3.05) is 13.1 Å². The van der Waals surface area contributed by atoms with Crippen molar-refractivity contribution in [2.45, 2.75) is 19.5 Å². The maximum Gasteiger partial charge on any atom is 0.0539 e. The van der Waals surface area contributed by atoms with Crippen LogP contribution in [0.1, 0.15) is 12.5 Å². The van der Waals surface area contributed by atoms with E-state index >= 15 is 0 Å². The lowest BCUT2D eigenvalue weighted by Gasteiger charge is -2.14. The number of hydrogen-bond acceptors (Lipinski definition) is 2. The van der Waals surface area contributed by atoms with Crippen molar-refractivity contribution in [3.63, 3.8) is 0 Å². The van der Waals surface area contributed by atoms with Crippen LogP contribution in [0.3, 0.4) is 0 Å². The van der Waals surface area contributed by atoms with E-state index in [1.807, 2.05) is 6.07 Å². The fourth-order valence-corrected chi connectivity index (χ4v) is 2.24. The second-order valence-electron chi connectivity index (χ2n) is 4.43. The van der Waals surface area contributed by atoms with Crippen LogP contribution >= 0.6 is 0 Å². The minimum Gasteiger partial charge on any atom is -0.298 e. The number of nitrogens with zero attached hydrogens (tertiary/aromatic N) is 4. The number of benzene rings is 1. The van der Waals surface area contributed by atoms with Crippen molar-refractivity contribution in [1.29, 1.82) is 0 Å². The van der Waals surface area contributed by atoms with Crippen LogP contribution in [0.5, 0.6) is 0 Å². The summed E-state index contributed by atoms with van der Waals surface area (Å²) in [6.07, 6.45) is 0. The first-order valence-corrected chi connectivity index (χ1v) is 5.60. The van der Waals surface area contributed by atoms with Gasteiger partial charge >= 0.3 is 0 Å². The Morgan fingerprint density at radius 3 is 2.81 bits per heavy atom. The Balaban J connectivity index is 1.96. The monoisotopic (exact) mass is 216 g/mol. The topological polar surface area (TPSA) is 52.0 Å². The SMILES string of the molecule is CC1CN(Cc2ccccc2)CC1N=[N+]=[N-]. The Bertz CT molecular complexity index is 383. The van der Waals surface area contributed by atoms with Gasteiger partial charge in [-0.1, -0.05) is 42.4 Å². The van der Waals surface area contributed by atoms with Gasteiger partial charge in [0.25, 0.3) is 0 Å². The second-order valence-corrected chi connectivity index (χ2v) is 4.43. The van der Waals surface area contributed by atoms with Crippen molar-refractivity contribution in [3.05, 3.63) is 46.3 Å². The summed E-state index contributed by atoms with van der Waals surface area (Å²) in [7, 11) is 0. The molecule has 0 bridgehead atoms. The van der Waals surface area contributed by atoms with Gasteiger partial charge in [-0.2, -0.15) is 0 Å². The molecule has 1 aromatic carbocycles. The molecule has 0 amide bonds. The van der Waals surface area contributed by atoms with Crippen molar-refractivity contribution >= 4 is 0 Å². The van der Waals surface area contributed by atoms with Gasteiger partial charge in [-0.3, -0.25) is 4.90 Å². The Morgan fingerprint density at radius 1 is 1.38 bits per heavy atom. The van der Waals surface area contributed by atoms with Gasteiger partial charge in [0.2, 0.25) is 0 Å². The predicted octanol–water partition coefficient (Wildman–Crippen LogP) is 2.82. The van der Waals surface area contributed by atoms with Crippen LogP contribution in [-0.2, 0) is 6.54 Å². The molecule has 1 aliphatic heterocycles. The van der Waals surface area contributed by atoms with Crippen LogP contribution in [-0.4, -0.2) is 24.0 Å². The zero-order valence-electron chi connectivity index (χ0n) is 9.45. The minimum atomic E-state index is 0.133. The number of rotatable bonds is 3. The Hall–Kier alpha value is -1.51. The molecule has 0 N–H and O–H groups in total. The minimum absolute atomic E-state index is 0.133. The quantitative estimate of drug-likeness (QED) is 0.435. The summed E-state index contributed by atoms with van der Waals surface area (Å²) in [5.74, 6) is 0.458. The zero-order chi connectivity index (χ0) is 11.4. The van der Waals surface area contributed by atoms with E-state index in [1.165, 1.54) is 5.56 Å². The highest BCUT2D eigenvalue weighted by Gasteiger charge is 2.28. The molecule has 2 atom stereocenters. The molecule has 2 rings (SSSR count). The summed E-state index contributed by atoms with van der Waals surface area (Å²) in [5.41, 5.74) is 9.78. The van der Waals surface area contributed by atoms with E-state index in [0.717, 1.165) is 19.6 Å². The molecule has 2 unspecified atom stereocenters. The highest BCUT2D eigenvalue weighted by atomic mass is 15.2. The van der Waals surface area contributed by atoms with E-state index in [4.69, 9.17) is 5.53 Å². The average Bonchev–Trinajstić information content (AvgIpc) is 2.61. The highest BCUT2D eigenvalue weighted by Crippen LogP contribution is 2.21. The molecule has 4 nitrogen and oxygen atoms in total. The van der Waals surface area contributed by atoms with E-state index in [2.05, 4.69) is 46.1 Å². The van der Waals surface area contributed by atoms with Crippen molar-refractivity contribution in [2.24, 2.45) is 11.0 Å². The first-order chi connectivity index (χ1) is 7.79. The molecular weight excluding hydrogens is 200 g/mol. The smallest absolute Gasteiger partial charge is 0.0539 e. The van der Waals surface area contributed by atoms with E-state index in [9.17, 15) is 0 Å². The Labute approximate surface area is 95.5 Å². The van der Waals surface area contributed by atoms with E-state index in [1.54, 1.807) is 0 Å². The van der Waals surface area contributed by atoms with Crippen LogP contribution in [0, 0.1) is 5.92 Å². The molecule has 16 heavy (non-hydrogen) atoms. The first-order valence-electron chi connectivity index (χ1n) is 5.60. The summed E-state index contributed by atoms with van der Waals surface area (Å²) in [5, 5.41) is 3.84. The molecule has 1 saturated heterocycles. The lowest BCUT2D eigenvalue weighted by atomic mass is 10.1. The van der Waals surface area contributed by atoms with Gasteiger partial charge in [0.15, 0.2) is 0 Å². The summed E-state index contributed by atoms with van der Waals surface area (Å²) in [6, 6.07) is 10.5. The molecule has 0 spiro atoms. The highest BCUT2D eigenvalue weighted by molar-refractivity contribution is 5.14. The van der Waals surface area contributed by atoms with E-state index in [-0.39, 0.29) is 6.04 Å². The van der Waals surface area contributed by atoms with Crippen molar-refractivity contribution < 1.29 is 0 Å². The molecular formula is C12H16N4. The molecule has 1 heterocycles. The van der Waals surface area contributed by atoms with Crippen LogP contribution in [0.2, 0.25) is 0 Å². The number of likely N-dealkylation sites (tertiary alicyclic amines) is 1. The van der Waals surface area contributed by atoms with Crippen LogP contribution in [0.4, 0.5) is 0 Å². The van der Waals surface area contributed by atoms with Gasteiger partial charge in [-0.15, -0.1) is 0 Å². The van der Waals surface area contributed by atoms with E-state index in [0.29, 0.717) is 5.92 Å². The molecule has 0 saturated carbocycles. The summed E-state index contributed by atoms with van der Waals surface area (Å²) < 4.78 is 0. The van der Waals surface area contributed by atoms with Crippen molar-refractivity contribution in [1.82, 2.24) is 4.90 Å². The Morgan fingerprint density at radius 2 is 2.12 bits per heavy atom. The van der Waals surface area contributed by atoms with Gasteiger partial charge < -0.3 is 0 Å². The standard InChI is InChI=1S/C12H16N4/c1-10-7-16(9-12(10)14-15-13)8-11-5-3-2-4-6-11/h2-6,10,12H,7-9H2,1H3. The fourth-order valence-electron chi connectivity index (χ4n) is 2.24. The second kappa shape index (κ2) is 5.01. The normalized spacial score (nSPS) is 25.3. The zero-order valence-corrected chi connectivity index (χ0v) is 9.45. The molecule has 1 fully saturated rings. The van der Waals surface area contributed by atoms with Crippen LogP contribution in [0.25, 0.3) is 10.4 Å². The Kier molecular flexibility index (Phi) is 3.44. The molecule has 84 valence electrons. The molecule has 0 aliphatic carbocycles. The maximum absolute atomic E-state index is 8.46. The lowest BCUT2D eigenvalue weighted by Crippen LogP contribution is -2.20. The maximum atomic E-state index is 8.46. The third-order valence-corrected chi connectivity index (χ3v) is 3.10. The van der Waals surface area contributed by atoms with Crippen LogP contribution < -0.4 is 0 Å². The third kappa shape index (κ3) is 2.54. The third-order valence-electron chi connectivity index (χ3n) is 3.10. The summed E-state index contributed by atoms with van der Waals surface area (Å²) in [6.45, 7) is 4.98. The van der Waals surface area contributed by atoms with Gasteiger partial charge in [0.05, 0.1) is 6.04 Å².